The van der Waals surface area contributed by atoms with Crippen molar-refractivity contribution in [1.29, 1.82) is 0 Å². The molecule has 0 radical (unpaired) electrons. The smallest absolute Gasteiger partial charge is 0.191 e. The second-order valence-corrected chi connectivity index (χ2v) is 7.09. The number of hydrogen-bond acceptors (Lipinski definition) is 5. The molecule has 0 aromatic heterocycles. The van der Waals surface area contributed by atoms with E-state index >= 15 is 0 Å². The fourth-order valence-corrected chi connectivity index (χ4v) is 3.77. The molecule has 1 saturated heterocycles. The second-order valence-electron chi connectivity index (χ2n) is 7.09. The summed E-state index contributed by atoms with van der Waals surface area (Å²) in [7, 11) is 3.38. The van der Waals surface area contributed by atoms with Gasteiger partial charge >= 0.3 is 0 Å². The summed E-state index contributed by atoms with van der Waals surface area (Å²) in [5, 5.41) is 16.8. The number of aliphatic imine (C=N–C) groups is 1. The molecule has 0 spiro atoms. The number of morpholine rings is 1. The number of hydrogen-bond donors (Lipinski definition) is 3. The van der Waals surface area contributed by atoms with Crippen molar-refractivity contribution >= 4 is 29.9 Å². The zero-order chi connectivity index (χ0) is 20.4. The normalized spacial score (nSPS) is 16.2. The van der Waals surface area contributed by atoms with Crippen LogP contribution >= 0.6 is 24.0 Å². The molecule has 0 saturated carbocycles. The minimum atomic E-state index is 0. The van der Waals surface area contributed by atoms with Crippen molar-refractivity contribution in [2.75, 3.05) is 47.0 Å². The molecule has 1 aromatic rings. The minimum absolute atomic E-state index is 0. The maximum atomic E-state index is 10.1. The molecule has 1 aliphatic heterocycles. The SMILES string of the molecule is CCC(CC)C(CNC(=NC)NCc1cc(OC)ccc1O)N1CCOCC1.I. The van der Waals surface area contributed by atoms with Gasteiger partial charge in [0.15, 0.2) is 5.96 Å². The van der Waals surface area contributed by atoms with Crippen molar-refractivity contribution in [2.24, 2.45) is 10.9 Å². The summed E-state index contributed by atoms with van der Waals surface area (Å²) < 4.78 is 10.8. The molecular formula is C21H37IN4O3. The van der Waals surface area contributed by atoms with Crippen molar-refractivity contribution in [1.82, 2.24) is 15.5 Å². The average molecular weight is 520 g/mol. The lowest BCUT2D eigenvalue weighted by atomic mass is 9.92. The van der Waals surface area contributed by atoms with Crippen molar-refractivity contribution < 1.29 is 14.6 Å². The van der Waals surface area contributed by atoms with Gasteiger partial charge in [-0.25, -0.2) is 0 Å². The Balaban J connectivity index is 0.00000420. The highest BCUT2D eigenvalue weighted by atomic mass is 127. The van der Waals surface area contributed by atoms with Crippen LogP contribution in [0.15, 0.2) is 23.2 Å². The topological polar surface area (TPSA) is 78.4 Å². The summed E-state index contributed by atoms with van der Waals surface area (Å²) in [6.45, 7) is 9.39. The highest BCUT2D eigenvalue weighted by Gasteiger charge is 2.27. The summed E-state index contributed by atoms with van der Waals surface area (Å²) in [6.07, 6.45) is 2.31. The molecule has 2 rings (SSSR count). The van der Waals surface area contributed by atoms with Crippen LogP contribution in [0.4, 0.5) is 0 Å². The number of methoxy groups -OCH3 is 1. The van der Waals surface area contributed by atoms with Crippen LogP contribution in [0, 0.1) is 5.92 Å². The van der Waals surface area contributed by atoms with E-state index in [4.69, 9.17) is 9.47 Å². The van der Waals surface area contributed by atoms with Gasteiger partial charge in [0.2, 0.25) is 0 Å². The zero-order valence-electron chi connectivity index (χ0n) is 18.1. The minimum Gasteiger partial charge on any atom is -0.508 e. The largest absolute Gasteiger partial charge is 0.508 e. The average Bonchev–Trinajstić information content (AvgIpc) is 2.74. The third-order valence-corrected chi connectivity index (χ3v) is 5.54. The van der Waals surface area contributed by atoms with Crippen molar-refractivity contribution in [3.63, 3.8) is 0 Å². The summed E-state index contributed by atoms with van der Waals surface area (Å²) in [6, 6.07) is 5.67. The predicted octanol–water partition coefficient (Wildman–Crippen LogP) is 2.82. The highest BCUT2D eigenvalue weighted by Crippen LogP contribution is 2.22. The molecule has 8 heteroatoms. The van der Waals surface area contributed by atoms with E-state index in [9.17, 15) is 5.11 Å². The van der Waals surface area contributed by atoms with Gasteiger partial charge < -0.3 is 25.2 Å². The quantitative estimate of drug-likeness (QED) is 0.264. The first-order valence-electron chi connectivity index (χ1n) is 10.2. The molecule has 3 N–H and O–H groups in total. The fourth-order valence-electron chi connectivity index (χ4n) is 3.77. The molecule has 1 unspecified atom stereocenters. The monoisotopic (exact) mass is 520 g/mol. The molecule has 0 bridgehead atoms. The first-order valence-corrected chi connectivity index (χ1v) is 10.2. The number of rotatable bonds is 9. The van der Waals surface area contributed by atoms with Crippen LogP contribution in [0.3, 0.4) is 0 Å². The van der Waals surface area contributed by atoms with E-state index in [1.54, 1.807) is 26.3 Å². The standard InChI is InChI=1S/C21H36N4O3.HI/c1-5-16(6-2)19(25-9-11-28-12-10-25)15-24-21(22-3)23-14-17-13-18(27-4)7-8-20(17)26;/h7-8,13,16,19,26H,5-6,9-12,14-15H2,1-4H3,(H2,22,23,24);1H. The number of benzene rings is 1. The van der Waals surface area contributed by atoms with Gasteiger partial charge in [0.1, 0.15) is 11.5 Å². The third kappa shape index (κ3) is 7.82. The third-order valence-electron chi connectivity index (χ3n) is 5.54. The Kier molecular flexibility index (Phi) is 12.3. The Bertz CT molecular complexity index is 620. The van der Waals surface area contributed by atoms with Crippen LogP contribution in [0.1, 0.15) is 32.3 Å². The predicted molar refractivity (Wildman–Crippen MR) is 129 cm³/mol. The van der Waals surface area contributed by atoms with Gasteiger partial charge in [-0.05, 0) is 24.1 Å². The van der Waals surface area contributed by atoms with Gasteiger partial charge in [-0.3, -0.25) is 9.89 Å². The number of aromatic hydroxyl groups is 1. The van der Waals surface area contributed by atoms with E-state index in [0.29, 0.717) is 18.5 Å². The lowest BCUT2D eigenvalue weighted by Gasteiger charge is -2.39. The van der Waals surface area contributed by atoms with Gasteiger partial charge in [-0.15, -0.1) is 24.0 Å². The van der Waals surface area contributed by atoms with E-state index < -0.39 is 0 Å². The Morgan fingerprint density at radius 2 is 1.93 bits per heavy atom. The molecule has 1 aliphatic rings. The van der Waals surface area contributed by atoms with Crippen LogP contribution in [-0.4, -0.2) is 69.0 Å². The number of nitrogens with one attached hydrogen (secondary N) is 2. The number of halogens is 1. The number of ether oxygens (including phenoxy) is 2. The Hall–Kier alpha value is -1.26. The summed E-state index contributed by atoms with van der Waals surface area (Å²) in [4.78, 5) is 6.88. The van der Waals surface area contributed by atoms with Crippen LogP contribution in [0.25, 0.3) is 0 Å². The van der Waals surface area contributed by atoms with Crippen LogP contribution in [0.2, 0.25) is 0 Å². The fraction of sp³-hybridized carbons (Fsp3) is 0.667. The van der Waals surface area contributed by atoms with Crippen LogP contribution < -0.4 is 15.4 Å². The molecule has 1 fully saturated rings. The molecule has 0 amide bonds. The lowest BCUT2D eigenvalue weighted by Crippen LogP contribution is -2.53. The Morgan fingerprint density at radius 3 is 2.52 bits per heavy atom. The first-order chi connectivity index (χ1) is 13.6. The Morgan fingerprint density at radius 1 is 1.24 bits per heavy atom. The maximum Gasteiger partial charge on any atom is 0.191 e. The number of guanidine groups is 1. The number of phenolic OH excluding ortho intramolecular Hbond substituents is 1. The Labute approximate surface area is 192 Å². The van der Waals surface area contributed by atoms with Gasteiger partial charge in [-0.1, -0.05) is 26.7 Å². The first kappa shape index (κ1) is 25.8. The lowest BCUT2D eigenvalue weighted by molar-refractivity contribution is 0.00272. The van der Waals surface area contributed by atoms with E-state index in [1.165, 1.54) is 0 Å². The van der Waals surface area contributed by atoms with Gasteiger partial charge in [-0.2, -0.15) is 0 Å². The summed E-state index contributed by atoms with van der Waals surface area (Å²) >= 11 is 0. The second kappa shape index (κ2) is 13.9. The number of nitrogens with zero attached hydrogens (tertiary/aromatic N) is 2. The van der Waals surface area contributed by atoms with Crippen molar-refractivity contribution in [2.45, 2.75) is 39.3 Å². The van der Waals surface area contributed by atoms with Crippen molar-refractivity contribution in [3.05, 3.63) is 23.8 Å². The van der Waals surface area contributed by atoms with E-state index in [1.807, 2.05) is 6.07 Å². The number of phenols is 1. The van der Waals surface area contributed by atoms with E-state index in [0.717, 1.165) is 63.0 Å². The molecule has 166 valence electrons. The van der Waals surface area contributed by atoms with Gasteiger partial charge in [0, 0.05) is 44.8 Å². The van der Waals surface area contributed by atoms with Gasteiger partial charge in [0.05, 0.1) is 20.3 Å². The molecule has 29 heavy (non-hydrogen) atoms. The summed E-state index contributed by atoms with van der Waals surface area (Å²) in [5.41, 5.74) is 0.770. The zero-order valence-corrected chi connectivity index (χ0v) is 20.4. The molecule has 1 aromatic carbocycles. The maximum absolute atomic E-state index is 10.1. The van der Waals surface area contributed by atoms with Crippen molar-refractivity contribution in [3.8, 4) is 11.5 Å². The molecule has 1 heterocycles. The van der Waals surface area contributed by atoms with Crippen LogP contribution in [-0.2, 0) is 11.3 Å². The van der Waals surface area contributed by atoms with Crippen LogP contribution in [0.5, 0.6) is 11.5 Å². The molecule has 7 nitrogen and oxygen atoms in total. The molecule has 0 aliphatic carbocycles. The van der Waals surface area contributed by atoms with E-state index in [2.05, 4.69) is 34.4 Å². The summed E-state index contributed by atoms with van der Waals surface area (Å²) in [5.74, 6) is 2.32. The highest BCUT2D eigenvalue weighted by molar-refractivity contribution is 14.0. The molecule has 1 atom stereocenters. The van der Waals surface area contributed by atoms with Gasteiger partial charge in [0.25, 0.3) is 0 Å². The molecular weight excluding hydrogens is 483 g/mol. The van der Waals surface area contributed by atoms with E-state index in [-0.39, 0.29) is 29.7 Å².